The summed E-state index contributed by atoms with van der Waals surface area (Å²) in [5.74, 6) is 1.17. The number of H-pyrrole nitrogens is 1. The van der Waals surface area contributed by atoms with Gasteiger partial charge in [-0.15, -0.1) is 0 Å². The van der Waals surface area contributed by atoms with Gasteiger partial charge in [-0.3, -0.25) is 0 Å². The van der Waals surface area contributed by atoms with E-state index in [0.29, 0.717) is 17.1 Å². The first-order valence-corrected chi connectivity index (χ1v) is 9.33. The van der Waals surface area contributed by atoms with Gasteiger partial charge < -0.3 is 14.5 Å². The van der Waals surface area contributed by atoms with E-state index >= 15 is 0 Å². The van der Waals surface area contributed by atoms with Crippen molar-refractivity contribution < 1.29 is 14.3 Å². The summed E-state index contributed by atoms with van der Waals surface area (Å²) in [7, 11) is 1.55. The molecule has 1 aromatic heterocycles. The van der Waals surface area contributed by atoms with Crippen LogP contribution in [0, 0.1) is 3.57 Å². The first kappa shape index (κ1) is 17.5. The van der Waals surface area contributed by atoms with Gasteiger partial charge in [0.15, 0.2) is 11.5 Å². The van der Waals surface area contributed by atoms with E-state index in [4.69, 9.17) is 9.47 Å². The number of carbonyl (C=O) groups is 1. The van der Waals surface area contributed by atoms with Crippen molar-refractivity contribution in [1.82, 2.24) is 9.97 Å². The van der Waals surface area contributed by atoms with Crippen LogP contribution in [0.2, 0.25) is 0 Å². The van der Waals surface area contributed by atoms with Crippen LogP contribution in [-0.4, -0.2) is 23.0 Å². The number of fused-ring (bicyclic) bond motifs is 1. The standard InChI is InChI=1S/C21H15IN2O3/c1-26-18-12-14(20-23-16-9-5-6-10-17(16)24-20)11-15(22)19(18)27-21(25)13-7-3-2-4-8-13/h2-12H,1H3,(H,23,24). The lowest BCUT2D eigenvalue weighted by atomic mass is 10.2. The molecule has 0 spiro atoms. The molecule has 0 amide bonds. The summed E-state index contributed by atoms with van der Waals surface area (Å²) in [6.45, 7) is 0. The van der Waals surface area contributed by atoms with Crippen LogP contribution in [0.15, 0.2) is 66.7 Å². The molecule has 1 N–H and O–H groups in total. The Bertz CT molecular complexity index is 1090. The van der Waals surface area contributed by atoms with Gasteiger partial charge in [-0.25, -0.2) is 9.78 Å². The monoisotopic (exact) mass is 470 g/mol. The summed E-state index contributed by atoms with van der Waals surface area (Å²) in [5.41, 5.74) is 3.19. The zero-order valence-electron chi connectivity index (χ0n) is 14.4. The Kier molecular flexibility index (Phi) is 4.81. The van der Waals surface area contributed by atoms with Crippen LogP contribution in [-0.2, 0) is 0 Å². The minimum atomic E-state index is -0.427. The normalized spacial score (nSPS) is 10.7. The molecule has 0 aliphatic heterocycles. The average Bonchev–Trinajstić information content (AvgIpc) is 3.14. The maximum absolute atomic E-state index is 12.4. The third-order valence-corrected chi connectivity index (χ3v) is 4.90. The van der Waals surface area contributed by atoms with Crippen molar-refractivity contribution in [3.05, 3.63) is 75.9 Å². The molecule has 0 bridgehead atoms. The van der Waals surface area contributed by atoms with Crippen LogP contribution >= 0.6 is 22.6 Å². The van der Waals surface area contributed by atoms with Gasteiger partial charge in [0.05, 0.1) is 27.3 Å². The number of para-hydroxylation sites is 2. The number of carbonyl (C=O) groups excluding carboxylic acids is 1. The summed E-state index contributed by atoms with van der Waals surface area (Å²) in [6, 6.07) is 20.4. The Labute approximate surface area is 169 Å². The van der Waals surface area contributed by atoms with Crippen LogP contribution in [0.3, 0.4) is 0 Å². The molecule has 27 heavy (non-hydrogen) atoms. The molecular weight excluding hydrogens is 455 g/mol. The summed E-state index contributed by atoms with van der Waals surface area (Å²) in [4.78, 5) is 20.3. The number of nitrogens with zero attached hydrogens (tertiary/aromatic N) is 1. The summed E-state index contributed by atoms with van der Waals surface area (Å²) in [6.07, 6.45) is 0. The van der Waals surface area contributed by atoms with E-state index in [1.807, 2.05) is 42.5 Å². The van der Waals surface area contributed by atoms with E-state index in [-0.39, 0.29) is 0 Å². The fourth-order valence-electron chi connectivity index (χ4n) is 2.77. The molecule has 0 atom stereocenters. The number of hydrogen-bond donors (Lipinski definition) is 1. The Balaban J connectivity index is 1.71. The number of methoxy groups -OCH3 is 1. The van der Waals surface area contributed by atoms with Gasteiger partial charge >= 0.3 is 5.97 Å². The second-order valence-corrected chi connectivity index (χ2v) is 7.01. The Morgan fingerprint density at radius 2 is 1.78 bits per heavy atom. The van der Waals surface area contributed by atoms with Gasteiger partial charge in [-0.2, -0.15) is 0 Å². The average molecular weight is 470 g/mol. The lowest BCUT2D eigenvalue weighted by Crippen LogP contribution is -2.10. The number of aromatic amines is 1. The van der Waals surface area contributed by atoms with Crippen molar-refractivity contribution in [3.63, 3.8) is 0 Å². The van der Waals surface area contributed by atoms with E-state index < -0.39 is 5.97 Å². The van der Waals surface area contributed by atoms with Crippen molar-refractivity contribution in [3.8, 4) is 22.9 Å². The highest BCUT2D eigenvalue weighted by Gasteiger charge is 2.18. The van der Waals surface area contributed by atoms with Gasteiger partial charge in [0.2, 0.25) is 0 Å². The molecule has 0 fully saturated rings. The minimum Gasteiger partial charge on any atom is -0.493 e. The fourth-order valence-corrected chi connectivity index (χ4v) is 3.48. The Morgan fingerprint density at radius 1 is 1.04 bits per heavy atom. The molecule has 0 saturated heterocycles. The van der Waals surface area contributed by atoms with E-state index in [2.05, 4.69) is 32.6 Å². The number of aromatic nitrogens is 2. The summed E-state index contributed by atoms with van der Waals surface area (Å²) in [5, 5.41) is 0. The molecular formula is C21H15IN2O3. The highest BCUT2D eigenvalue weighted by Crippen LogP contribution is 2.37. The number of imidazole rings is 1. The molecule has 0 aliphatic rings. The van der Waals surface area contributed by atoms with Crippen molar-refractivity contribution >= 4 is 39.6 Å². The largest absolute Gasteiger partial charge is 0.493 e. The molecule has 1 heterocycles. The second-order valence-electron chi connectivity index (χ2n) is 5.85. The van der Waals surface area contributed by atoms with E-state index in [1.54, 1.807) is 31.4 Å². The maximum atomic E-state index is 12.4. The Morgan fingerprint density at radius 3 is 2.52 bits per heavy atom. The molecule has 5 nitrogen and oxygen atoms in total. The highest BCUT2D eigenvalue weighted by atomic mass is 127. The zero-order chi connectivity index (χ0) is 18.8. The topological polar surface area (TPSA) is 64.2 Å². The SMILES string of the molecule is COc1cc(-c2nc3ccccc3[nH]2)cc(I)c1OC(=O)c1ccccc1. The number of halogens is 1. The molecule has 134 valence electrons. The highest BCUT2D eigenvalue weighted by molar-refractivity contribution is 14.1. The van der Waals surface area contributed by atoms with Gasteiger partial charge in [-0.05, 0) is 59.0 Å². The quantitative estimate of drug-likeness (QED) is 0.257. The molecule has 0 saturated carbocycles. The van der Waals surface area contributed by atoms with Gasteiger partial charge in [0, 0.05) is 5.56 Å². The van der Waals surface area contributed by atoms with Crippen molar-refractivity contribution in [1.29, 1.82) is 0 Å². The molecule has 3 aromatic carbocycles. The first-order valence-electron chi connectivity index (χ1n) is 8.25. The molecule has 4 rings (SSSR count). The first-order chi connectivity index (χ1) is 13.2. The number of esters is 1. The zero-order valence-corrected chi connectivity index (χ0v) is 16.6. The van der Waals surface area contributed by atoms with Crippen molar-refractivity contribution in [2.24, 2.45) is 0 Å². The predicted octanol–water partition coefficient (Wildman–Crippen LogP) is 5.06. The van der Waals surface area contributed by atoms with Crippen LogP contribution < -0.4 is 9.47 Å². The van der Waals surface area contributed by atoms with Crippen molar-refractivity contribution in [2.45, 2.75) is 0 Å². The minimum absolute atomic E-state index is 0.395. The van der Waals surface area contributed by atoms with E-state index in [0.717, 1.165) is 26.0 Å². The van der Waals surface area contributed by atoms with Gasteiger partial charge in [0.25, 0.3) is 0 Å². The predicted molar refractivity (Wildman–Crippen MR) is 112 cm³/mol. The van der Waals surface area contributed by atoms with E-state index in [9.17, 15) is 4.79 Å². The number of benzene rings is 3. The summed E-state index contributed by atoms with van der Waals surface area (Å²) >= 11 is 2.13. The van der Waals surface area contributed by atoms with Crippen LogP contribution in [0.4, 0.5) is 0 Å². The molecule has 4 aromatic rings. The second kappa shape index (κ2) is 7.40. The summed E-state index contributed by atoms with van der Waals surface area (Å²) < 4.78 is 11.8. The molecule has 0 radical (unpaired) electrons. The third kappa shape index (κ3) is 3.52. The molecule has 6 heteroatoms. The van der Waals surface area contributed by atoms with Crippen molar-refractivity contribution in [2.75, 3.05) is 7.11 Å². The van der Waals surface area contributed by atoms with Crippen LogP contribution in [0.25, 0.3) is 22.4 Å². The van der Waals surface area contributed by atoms with Crippen LogP contribution in [0.5, 0.6) is 11.5 Å². The molecule has 0 unspecified atom stereocenters. The molecule has 0 aliphatic carbocycles. The maximum Gasteiger partial charge on any atom is 0.343 e. The van der Waals surface area contributed by atoms with Crippen LogP contribution in [0.1, 0.15) is 10.4 Å². The lowest BCUT2D eigenvalue weighted by molar-refractivity contribution is 0.0728. The van der Waals surface area contributed by atoms with E-state index in [1.165, 1.54) is 0 Å². The number of rotatable bonds is 4. The number of hydrogen-bond acceptors (Lipinski definition) is 4. The number of ether oxygens (including phenoxy) is 2. The smallest absolute Gasteiger partial charge is 0.343 e. The Hall–Kier alpha value is -2.87. The number of nitrogens with one attached hydrogen (secondary N) is 1. The van der Waals surface area contributed by atoms with Gasteiger partial charge in [-0.1, -0.05) is 30.3 Å². The lowest BCUT2D eigenvalue weighted by Gasteiger charge is -2.12. The third-order valence-electron chi connectivity index (χ3n) is 4.10. The van der Waals surface area contributed by atoms with Gasteiger partial charge in [0.1, 0.15) is 5.82 Å². The fraction of sp³-hybridized carbons (Fsp3) is 0.0476.